The molecule has 0 radical (unpaired) electrons. The van der Waals surface area contributed by atoms with Crippen LogP contribution in [0.1, 0.15) is 90.9 Å². The summed E-state index contributed by atoms with van der Waals surface area (Å²) in [5.41, 5.74) is 0. The molecule has 0 saturated carbocycles. The smallest absolute Gasteiger partial charge is 0.127 e. The van der Waals surface area contributed by atoms with Gasteiger partial charge in [-0.2, -0.15) is 0 Å². The van der Waals surface area contributed by atoms with E-state index in [2.05, 4.69) is 13.8 Å². The van der Waals surface area contributed by atoms with Crippen LogP contribution in [0.3, 0.4) is 0 Å². The molecular weight excluding hydrogens is 384 g/mol. The van der Waals surface area contributed by atoms with Gasteiger partial charge in [-0.1, -0.05) is 78.1 Å². The van der Waals surface area contributed by atoms with Crippen molar-refractivity contribution in [3.05, 3.63) is 48.5 Å². The molecule has 0 aliphatic heterocycles. The molecule has 0 fully saturated rings. The molecule has 0 amide bonds. The summed E-state index contributed by atoms with van der Waals surface area (Å²) in [5, 5.41) is 0. The molecule has 3 heteroatoms. The lowest BCUT2D eigenvalue weighted by Crippen LogP contribution is -1.97. The van der Waals surface area contributed by atoms with Crippen LogP contribution in [-0.4, -0.2) is 13.2 Å². The zero-order valence-electron chi connectivity index (χ0n) is 19.7. The maximum atomic E-state index is 5.94. The Balaban J connectivity index is 1.61. The highest BCUT2D eigenvalue weighted by atomic mass is 16.5. The molecule has 3 nitrogen and oxygen atoms in total. The number of hydrogen-bond donors (Lipinski definition) is 0. The molecule has 31 heavy (non-hydrogen) atoms. The van der Waals surface area contributed by atoms with E-state index in [1.807, 2.05) is 48.5 Å². The first kappa shape index (κ1) is 25.1. The van der Waals surface area contributed by atoms with Crippen LogP contribution in [0, 0.1) is 0 Å². The van der Waals surface area contributed by atoms with E-state index in [0.717, 1.165) is 49.1 Å². The SMILES string of the molecule is CCCCCCCCOc1ccc(Oc2ccc(OCCCCCCCC)cc2)cc1. The molecule has 0 aromatic heterocycles. The van der Waals surface area contributed by atoms with Crippen molar-refractivity contribution in [1.29, 1.82) is 0 Å². The topological polar surface area (TPSA) is 27.7 Å². The first-order valence-corrected chi connectivity index (χ1v) is 12.5. The van der Waals surface area contributed by atoms with Gasteiger partial charge in [0, 0.05) is 0 Å². The van der Waals surface area contributed by atoms with Crippen molar-refractivity contribution in [2.75, 3.05) is 13.2 Å². The largest absolute Gasteiger partial charge is 0.494 e. The lowest BCUT2D eigenvalue weighted by Gasteiger charge is -2.10. The van der Waals surface area contributed by atoms with Crippen LogP contribution < -0.4 is 14.2 Å². The van der Waals surface area contributed by atoms with Crippen LogP contribution in [0.15, 0.2) is 48.5 Å². The summed E-state index contributed by atoms with van der Waals surface area (Å²) < 4.78 is 17.6. The predicted molar refractivity (Wildman–Crippen MR) is 131 cm³/mol. The number of unbranched alkanes of at least 4 members (excludes halogenated alkanes) is 10. The van der Waals surface area contributed by atoms with Crippen LogP contribution in [0.25, 0.3) is 0 Å². The third-order valence-electron chi connectivity index (χ3n) is 5.42. The fourth-order valence-electron chi connectivity index (χ4n) is 3.49. The Hall–Kier alpha value is -2.16. The van der Waals surface area contributed by atoms with Crippen molar-refractivity contribution in [3.63, 3.8) is 0 Å². The van der Waals surface area contributed by atoms with Crippen LogP contribution >= 0.6 is 0 Å². The fraction of sp³-hybridized carbons (Fsp3) is 0.571. The van der Waals surface area contributed by atoms with Crippen LogP contribution in [-0.2, 0) is 0 Å². The Morgan fingerprint density at radius 1 is 0.419 bits per heavy atom. The normalized spacial score (nSPS) is 10.8. The fourth-order valence-corrected chi connectivity index (χ4v) is 3.49. The predicted octanol–water partition coefficient (Wildman–Crippen LogP) is 8.96. The zero-order valence-corrected chi connectivity index (χ0v) is 19.7. The summed E-state index contributed by atoms with van der Waals surface area (Å²) in [7, 11) is 0. The van der Waals surface area contributed by atoms with E-state index in [0.29, 0.717) is 0 Å². The molecule has 0 spiro atoms. The van der Waals surface area contributed by atoms with E-state index in [1.54, 1.807) is 0 Å². The van der Waals surface area contributed by atoms with Gasteiger partial charge in [-0.25, -0.2) is 0 Å². The third-order valence-corrected chi connectivity index (χ3v) is 5.42. The van der Waals surface area contributed by atoms with Crippen molar-refractivity contribution < 1.29 is 14.2 Å². The molecule has 0 bridgehead atoms. The first-order chi connectivity index (χ1) is 15.3. The quantitative estimate of drug-likeness (QED) is 0.223. The van der Waals surface area contributed by atoms with Gasteiger partial charge in [-0.05, 0) is 61.4 Å². The molecule has 0 unspecified atom stereocenters. The Morgan fingerprint density at radius 2 is 0.742 bits per heavy atom. The van der Waals surface area contributed by atoms with Gasteiger partial charge < -0.3 is 14.2 Å². The Bertz CT molecular complexity index is 604. The average Bonchev–Trinajstić information content (AvgIpc) is 2.80. The van der Waals surface area contributed by atoms with E-state index < -0.39 is 0 Å². The number of rotatable bonds is 18. The van der Waals surface area contributed by atoms with Gasteiger partial charge in [-0.15, -0.1) is 0 Å². The highest BCUT2D eigenvalue weighted by Gasteiger charge is 2.01. The highest BCUT2D eigenvalue weighted by molar-refractivity contribution is 5.37. The van der Waals surface area contributed by atoms with Crippen molar-refractivity contribution in [2.24, 2.45) is 0 Å². The summed E-state index contributed by atoms with van der Waals surface area (Å²) >= 11 is 0. The molecule has 0 aliphatic carbocycles. The molecule has 2 aromatic carbocycles. The van der Waals surface area contributed by atoms with E-state index in [-0.39, 0.29) is 0 Å². The van der Waals surface area contributed by atoms with Gasteiger partial charge in [0.1, 0.15) is 23.0 Å². The van der Waals surface area contributed by atoms with Gasteiger partial charge in [0.05, 0.1) is 13.2 Å². The molecule has 172 valence electrons. The van der Waals surface area contributed by atoms with Crippen molar-refractivity contribution >= 4 is 0 Å². The monoisotopic (exact) mass is 426 g/mol. The van der Waals surface area contributed by atoms with Gasteiger partial charge in [0.25, 0.3) is 0 Å². The minimum Gasteiger partial charge on any atom is -0.494 e. The Morgan fingerprint density at radius 3 is 1.13 bits per heavy atom. The molecule has 0 heterocycles. The third kappa shape index (κ3) is 11.7. The standard InChI is InChI=1S/C28H42O3/c1-3-5-7-9-11-13-23-29-25-15-19-27(20-16-25)31-28-21-17-26(18-22-28)30-24-14-12-10-8-6-4-2/h15-22H,3-14,23-24H2,1-2H3. The number of ether oxygens (including phenoxy) is 3. The average molecular weight is 427 g/mol. The molecule has 2 aromatic rings. The summed E-state index contributed by atoms with van der Waals surface area (Å²) in [6, 6.07) is 15.7. The van der Waals surface area contributed by atoms with E-state index in [4.69, 9.17) is 14.2 Å². The van der Waals surface area contributed by atoms with Gasteiger partial charge in [0.15, 0.2) is 0 Å². The molecule has 0 atom stereocenters. The molecular formula is C28H42O3. The summed E-state index contributed by atoms with van der Waals surface area (Å²) in [4.78, 5) is 0. The second-order valence-electron chi connectivity index (χ2n) is 8.28. The zero-order chi connectivity index (χ0) is 22.0. The van der Waals surface area contributed by atoms with E-state index >= 15 is 0 Å². The number of hydrogen-bond acceptors (Lipinski definition) is 3. The maximum Gasteiger partial charge on any atom is 0.127 e. The summed E-state index contributed by atoms with van der Waals surface area (Å²) in [5.74, 6) is 3.43. The van der Waals surface area contributed by atoms with Crippen LogP contribution in [0.4, 0.5) is 0 Å². The highest BCUT2D eigenvalue weighted by Crippen LogP contribution is 2.26. The molecule has 2 rings (SSSR count). The second kappa shape index (κ2) is 16.5. The molecule has 0 N–H and O–H groups in total. The summed E-state index contributed by atoms with van der Waals surface area (Å²) in [6.45, 7) is 6.06. The van der Waals surface area contributed by atoms with Crippen molar-refractivity contribution in [2.45, 2.75) is 90.9 Å². The van der Waals surface area contributed by atoms with Crippen LogP contribution in [0.5, 0.6) is 23.0 Å². The minimum atomic E-state index is 0.784. The first-order valence-electron chi connectivity index (χ1n) is 12.5. The van der Waals surface area contributed by atoms with Gasteiger partial charge in [-0.3, -0.25) is 0 Å². The van der Waals surface area contributed by atoms with E-state index in [9.17, 15) is 0 Å². The van der Waals surface area contributed by atoms with Gasteiger partial charge in [0.2, 0.25) is 0 Å². The van der Waals surface area contributed by atoms with Crippen molar-refractivity contribution in [1.82, 2.24) is 0 Å². The maximum absolute atomic E-state index is 5.94. The second-order valence-corrected chi connectivity index (χ2v) is 8.28. The Kier molecular flexibility index (Phi) is 13.4. The van der Waals surface area contributed by atoms with E-state index in [1.165, 1.54) is 64.2 Å². The van der Waals surface area contributed by atoms with Crippen molar-refractivity contribution in [3.8, 4) is 23.0 Å². The number of benzene rings is 2. The molecule has 0 saturated heterocycles. The lowest BCUT2D eigenvalue weighted by atomic mass is 10.1. The Labute approximate surface area is 190 Å². The minimum absolute atomic E-state index is 0.784. The molecule has 0 aliphatic rings. The summed E-state index contributed by atoms with van der Waals surface area (Å²) in [6.07, 6.45) is 15.3. The lowest BCUT2D eigenvalue weighted by molar-refractivity contribution is 0.303. The van der Waals surface area contributed by atoms with Gasteiger partial charge >= 0.3 is 0 Å². The van der Waals surface area contributed by atoms with Crippen LogP contribution in [0.2, 0.25) is 0 Å².